The van der Waals surface area contributed by atoms with Gasteiger partial charge in [-0.2, -0.15) is 0 Å². The SMILES string of the molecule is Cc1ccc(C)c(N2CC=C[C@]34S[C@]5(C)C=CCCOC(=O)[C@@H]5[C@H]3C(=O)N([C@H](CO)c3ccccc3)C4C2=O)c1. The maximum absolute atomic E-state index is 14.8. The van der Waals surface area contributed by atoms with Gasteiger partial charge < -0.3 is 19.6 Å². The molecule has 2 aromatic rings. The molecule has 4 aliphatic rings. The first-order chi connectivity index (χ1) is 19.2. The molecule has 0 aromatic heterocycles. The van der Waals surface area contributed by atoms with E-state index in [1.54, 1.807) is 9.80 Å². The van der Waals surface area contributed by atoms with Crippen molar-refractivity contribution in [2.75, 3.05) is 24.7 Å². The third-order valence-corrected chi connectivity index (χ3v) is 10.6. The minimum absolute atomic E-state index is 0.216. The number of aryl methyl sites for hydroxylation is 2. The molecule has 6 rings (SSSR count). The first-order valence-corrected chi connectivity index (χ1v) is 14.6. The normalized spacial score (nSPS) is 32.1. The molecule has 4 aliphatic heterocycles. The summed E-state index contributed by atoms with van der Waals surface area (Å²) in [7, 11) is 0. The summed E-state index contributed by atoms with van der Waals surface area (Å²) < 4.78 is 3.88. The van der Waals surface area contributed by atoms with Crippen LogP contribution in [0.3, 0.4) is 0 Å². The number of cyclic esters (lactones) is 1. The van der Waals surface area contributed by atoms with Crippen molar-refractivity contribution >= 4 is 35.2 Å². The third-order valence-electron chi connectivity index (χ3n) is 8.81. The van der Waals surface area contributed by atoms with Gasteiger partial charge in [0.2, 0.25) is 5.91 Å². The highest BCUT2D eigenvalue weighted by molar-refractivity contribution is 8.02. The number of thioether (sulfide) groups is 1. The number of hydrogen-bond acceptors (Lipinski definition) is 6. The van der Waals surface area contributed by atoms with Crippen molar-refractivity contribution in [3.05, 3.63) is 89.5 Å². The molecule has 6 atom stereocenters. The van der Waals surface area contributed by atoms with Crippen LogP contribution in [0.5, 0.6) is 0 Å². The Labute approximate surface area is 238 Å². The van der Waals surface area contributed by atoms with Crippen LogP contribution in [0.25, 0.3) is 0 Å². The Bertz CT molecular complexity index is 1420. The molecule has 8 heteroatoms. The number of aliphatic hydroxyl groups is 1. The van der Waals surface area contributed by atoms with Crippen molar-refractivity contribution < 1.29 is 24.2 Å². The average molecular weight is 559 g/mol. The highest BCUT2D eigenvalue weighted by atomic mass is 32.2. The highest BCUT2D eigenvalue weighted by Crippen LogP contribution is 2.66. The van der Waals surface area contributed by atoms with Gasteiger partial charge in [-0.15, -0.1) is 11.8 Å². The quantitative estimate of drug-likeness (QED) is 0.449. The van der Waals surface area contributed by atoms with E-state index in [0.29, 0.717) is 13.0 Å². The summed E-state index contributed by atoms with van der Waals surface area (Å²) in [5, 5.41) is 10.7. The van der Waals surface area contributed by atoms with E-state index in [2.05, 4.69) is 0 Å². The molecular formula is C32H34N2O5S. The fourth-order valence-corrected chi connectivity index (χ4v) is 9.16. The summed E-state index contributed by atoms with van der Waals surface area (Å²) in [6, 6.07) is 13.6. The number of nitrogens with zero attached hydrogens (tertiary/aromatic N) is 2. The zero-order valence-electron chi connectivity index (χ0n) is 22.9. The zero-order chi connectivity index (χ0) is 28.2. The molecule has 1 spiro atoms. The van der Waals surface area contributed by atoms with Gasteiger partial charge in [0.1, 0.15) is 6.04 Å². The largest absolute Gasteiger partial charge is 0.465 e. The number of likely N-dealkylation sites (tertiary alicyclic amines) is 1. The lowest BCUT2D eigenvalue weighted by atomic mass is 9.74. The Morgan fingerprint density at radius 1 is 1.02 bits per heavy atom. The van der Waals surface area contributed by atoms with Gasteiger partial charge in [-0.25, -0.2) is 0 Å². The van der Waals surface area contributed by atoms with E-state index in [4.69, 9.17) is 4.74 Å². The lowest BCUT2D eigenvalue weighted by Crippen LogP contribution is -2.54. The van der Waals surface area contributed by atoms with E-state index in [0.717, 1.165) is 22.4 Å². The average Bonchev–Trinajstić information content (AvgIpc) is 3.25. The van der Waals surface area contributed by atoms with Crippen LogP contribution in [0, 0.1) is 25.7 Å². The molecule has 208 valence electrons. The Morgan fingerprint density at radius 3 is 2.55 bits per heavy atom. The van der Waals surface area contributed by atoms with Gasteiger partial charge >= 0.3 is 5.97 Å². The summed E-state index contributed by atoms with van der Waals surface area (Å²) in [5.41, 5.74) is 3.51. The molecule has 1 N–H and O–H groups in total. The fourth-order valence-electron chi connectivity index (χ4n) is 7.02. The monoisotopic (exact) mass is 558 g/mol. The summed E-state index contributed by atoms with van der Waals surface area (Å²) in [5.74, 6) is -2.52. The van der Waals surface area contributed by atoms with E-state index in [1.165, 1.54) is 11.8 Å². The Morgan fingerprint density at radius 2 is 1.80 bits per heavy atom. The molecule has 2 fully saturated rings. The second kappa shape index (κ2) is 9.93. The van der Waals surface area contributed by atoms with E-state index in [-0.39, 0.29) is 25.0 Å². The summed E-state index contributed by atoms with van der Waals surface area (Å²) in [6.45, 7) is 6.18. The second-order valence-corrected chi connectivity index (χ2v) is 13.1. The van der Waals surface area contributed by atoms with E-state index >= 15 is 0 Å². The highest BCUT2D eigenvalue weighted by Gasteiger charge is 2.74. The number of anilines is 1. The van der Waals surface area contributed by atoms with Gasteiger partial charge in [0.05, 0.1) is 35.8 Å². The number of amides is 2. The van der Waals surface area contributed by atoms with Crippen molar-refractivity contribution in [3.63, 3.8) is 0 Å². The minimum atomic E-state index is -1.02. The van der Waals surface area contributed by atoms with Gasteiger partial charge in [-0.1, -0.05) is 66.8 Å². The van der Waals surface area contributed by atoms with E-state index in [1.807, 2.05) is 93.6 Å². The fraction of sp³-hybridized carbons (Fsp3) is 0.406. The van der Waals surface area contributed by atoms with Gasteiger partial charge in [-0.05, 0) is 49.9 Å². The van der Waals surface area contributed by atoms with Crippen molar-refractivity contribution in [3.8, 4) is 0 Å². The lowest BCUT2D eigenvalue weighted by molar-refractivity contribution is -0.154. The van der Waals surface area contributed by atoms with Crippen LogP contribution >= 0.6 is 11.8 Å². The number of rotatable bonds is 4. The topological polar surface area (TPSA) is 87.2 Å². The maximum atomic E-state index is 14.8. The number of carbonyl (C=O) groups excluding carboxylic acids is 3. The molecule has 1 unspecified atom stereocenters. The van der Waals surface area contributed by atoms with Gasteiger partial charge in [0, 0.05) is 17.0 Å². The molecule has 40 heavy (non-hydrogen) atoms. The lowest BCUT2D eigenvalue weighted by Gasteiger charge is -2.40. The minimum Gasteiger partial charge on any atom is -0.465 e. The number of esters is 1. The number of carbonyl (C=O) groups is 3. The first kappa shape index (κ1) is 26.8. The van der Waals surface area contributed by atoms with Crippen molar-refractivity contribution in [2.24, 2.45) is 11.8 Å². The molecule has 0 radical (unpaired) electrons. The van der Waals surface area contributed by atoms with Crippen molar-refractivity contribution in [2.45, 2.75) is 48.8 Å². The van der Waals surface area contributed by atoms with Gasteiger partial charge in [0.25, 0.3) is 5.91 Å². The Balaban J connectivity index is 1.56. The molecule has 2 saturated heterocycles. The number of ether oxygens (including phenoxy) is 1. The van der Waals surface area contributed by atoms with Crippen LogP contribution in [0.4, 0.5) is 5.69 Å². The number of hydrogen-bond donors (Lipinski definition) is 1. The van der Waals surface area contributed by atoms with E-state index < -0.39 is 39.4 Å². The summed E-state index contributed by atoms with van der Waals surface area (Å²) in [4.78, 5) is 46.3. The number of fused-ring (bicyclic) bond motifs is 2. The third kappa shape index (κ3) is 3.95. The molecule has 4 heterocycles. The first-order valence-electron chi connectivity index (χ1n) is 13.8. The molecular weight excluding hydrogens is 524 g/mol. The van der Waals surface area contributed by atoms with Crippen LogP contribution in [0.2, 0.25) is 0 Å². The van der Waals surface area contributed by atoms with Crippen LogP contribution < -0.4 is 4.90 Å². The van der Waals surface area contributed by atoms with Crippen molar-refractivity contribution in [1.29, 1.82) is 0 Å². The zero-order valence-corrected chi connectivity index (χ0v) is 23.8. The number of aliphatic hydroxyl groups excluding tert-OH is 1. The summed E-state index contributed by atoms with van der Waals surface area (Å²) in [6.07, 6.45) is 8.59. The van der Waals surface area contributed by atoms with Gasteiger partial charge in [-0.3, -0.25) is 14.4 Å². The van der Waals surface area contributed by atoms with Crippen LogP contribution in [-0.4, -0.2) is 63.1 Å². The molecule has 7 nitrogen and oxygen atoms in total. The second-order valence-electron chi connectivity index (χ2n) is 11.4. The molecule has 0 saturated carbocycles. The predicted octanol–water partition coefficient (Wildman–Crippen LogP) is 4.13. The van der Waals surface area contributed by atoms with Crippen molar-refractivity contribution in [1.82, 2.24) is 4.90 Å². The smallest absolute Gasteiger partial charge is 0.311 e. The molecule has 0 bridgehead atoms. The van der Waals surface area contributed by atoms with Crippen LogP contribution in [0.1, 0.15) is 36.1 Å². The van der Waals surface area contributed by atoms with E-state index in [9.17, 15) is 19.5 Å². The Hall–Kier alpha value is -3.36. The van der Waals surface area contributed by atoms with Crippen LogP contribution in [0.15, 0.2) is 72.8 Å². The predicted molar refractivity (Wildman–Crippen MR) is 155 cm³/mol. The maximum Gasteiger partial charge on any atom is 0.311 e. The standard InChI is InChI=1S/C32H34N2O5S/c1-20-12-13-21(2)23(18-20)33-16-9-15-32-25(26-30(38)39-17-8-7-14-31(26,3)40-32)28(36)34(27(32)29(33)37)24(19-35)22-10-5-4-6-11-22/h4-7,9-15,18,24-27,35H,8,16-17,19H2,1-3H3/t24-,25+,26+,27?,31-,32+/m1/s1. The number of benzene rings is 2. The molecule has 0 aliphatic carbocycles. The molecule has 2 amide bonds. The van der Waals surface area contributed by atoms with Gasteiger partial charge in [0.15, 0.2) is 0 Å². The molecule has 2 aromatic carbocycles. The Kier molecular flexibility index (Phi) is 6.66. The van der Waals surface area contributed by atoms with Crippen LogP contribution in [-0.2, 0) is 19.1 Å². The summed E-state index contributed by atoms with van der Waals surface area (Å²) >= 11 is 1.51.